The highest BCUT2D eigenvalue weighted by molar-refractivity contribution is 7.66. The predicted molar refractivity (Wildman–Crippen MR) is 113 cm³/mol. The summed E-state index contributed by atoms with van der Waals surface area (Å²) in [6.07, 6.45) is 5.66. The van der Waals surface area contributed by atoms with E-state index in [9.17, 15) is 9.13 Å². The molecule has 2 unspecified atom stereocenters. The molecule has 0 amide bonds. The lowest BCUT2D eigenvalue weighted by Gasteiger charge is -2.17. The molecule has 0 aromatic heterocycles. The minimum absolute atomic E-state index is 0.339. The number of benzene rings is 2. The van der Waals surface area contributed by atoms with Crippen LogP contribution in [0, 0.1) is 0 Å². The van der Waals surface area contributed by atoms with Gasteiger partial charge in [-0.25, -0.2) is 0 Å². The first-order chi connectivity index (χ1) is 13.2. The average molecular weight is 394 g/mol. The zero-order valence-corrected chi connectivity index (χ0v) is 17.2. The molecule has 0 N–H and O–H groups in total. The van der Waals surface area contributed by atoms with E-state index >= 15 is 0 Å². The second-order valence-electron chi connectivity index (χ2n) is 7.32. The summed E-state index contributed by atoms with van der Waals surface area (Å²) in [7, 11) is -3.00. The first kappa shape index (κ1) is 18.5. The van der Waals surface area contributed by atoms with E-state index in [1.54, 1.807) is 0 Å². The van der Waals surface area contributed by atoms with Crippen molar-refractivity contribution in [3.8, 4) is 0 Å². The van der Waals surface area contributed by atoms with E-state index in [1.165, 1.54) is 22.3 Å². The van der Waals surface area contributed by atoms with Gasteiger partial charge < -0.3 is 0 Å². The zero-order valence-electron chi connectivity index (χ0n) is 15.4. The van der Waals surface area contributed by atoms with Crippen molar-refractivity contribution in [2.24, 2.45) is 0 Å². The van der Waals surface area contributed by atoms with E-state index in [1.807, 2.05) is 36.4 Å². The van der Waals surface area contributed by atoms with Gasteiger partial charge in [-0.05, 0) is 48.0 Å². The first-order valence-corrected chi connectivity index (χ1v) is 12.5. The molecule has 0 saturated carbocycles. The van der Waals surface area contributed by atoms with Gasteiger partial charge >= 0.3 is 21.5 Å². The van der Waals surface area contributed by atoms with Gasteiger partial charge in [0.15, 0.2) is 10.6 Å². The van der Waals surface area contributed by atoms with Crippen LogP contribution in [0.3, 0.4) is 0 Å². The maximum absolute atomic E-state index is 12.8. The lowest BCUT2D eigenvalue weighted by molar-refractivity contribution is 0.582. The van der Waals surface area contributed by atoms with Gasteiger partial charge in [-0.3, -0.25) is 0 Å². The third kappa shape index (κ3) is 4.34. The van der Waals surface area contributed by atoms with Gasteiger partial charge in [0.25, 0.3) is 0 Å². The van der Waals surface area contributed by atoms with E-state index in [0.29, 0.717) is 5.90 Å². The maximum atomic E-state index is 12.8. The summed E-state index contributed by atoms with van der Waals surface area (Å²) in [4.78, 5) is 0. The fourth-order valence-corrected chi connectivity index (χ4v) is 7.89. The molecule has 136 valence electrons. The van der Waals surface area contributed by atoms with Crippen molar-refractivity contribution in [3.05, 3.63) is 93.6 Å². The summed E-state index contributed by atoms with van der Waals surface area (Å²) in [5.41, 5.74) is 5.14. The molecule has 2 aliphatic carbocycles. The summed E-state index contributed by atoms with van der Waals surface area (Å²) in [5.74, 6) is 0.339. The minimum atomic E-state index is -1.50. The minimum Gasteiger partial charge on any atom is -0.0634 e. The molecule has 0 spiro atoms. The molecule has 0 bridgehead atoms. The largest absolute Gasteiger partial charge is 0.424 e. The van der Waals surface area contributed by atoms with E-state index in [0.717, 1.165) is 49.2 Å². The Morgan fingerprint density at radius 2 is 1.00 bits per heavy atom. The molecule has 0 saturated heterocycles. The van der Waals surface area contributed by atoms with Gasteiger partial charge in [-0.15, -0.1) is 0 Å². The summed E-state index contributed by atoms with van der Waals surface area (Å²) in [5, 5.41) is 2.17. The molecule has 4 rings (SSSR count). The lowest BCUT2D eigenvalue weighted by atomic mass is 9.92. The Labute approximate surface area is 163 Å². The molecule has 4 heteroatoms. The normalized spacial score (nSPS) is 17.3. The van der Waals surface area contributed by atoms with Gasteiger partial charge in [0.2, 0.25) is 0 Å². The first-order valence-electron chi connectivity index (χ1n) is 9.59. The maximum Gasteiger partial charge on any atom is 0.424 e. The van der Waals surface area contributed by atoms with Crippen molar-refractivity contribution in [1.29, 1.82) is 0 Å². The van der Waals surface area contributed by atoms with Crippen LogP contribution in [-0.2, 0) is 22.0 Å². The molecule has 2 aromatic carbocycles. The van der Waals surface area contributed by atoms with Crippen LogP contribution in [0.2, 0.25) is 0 Å². The van der Waals surface area contributed by atoms with Gasteiger partial charge in [0.1, 0.15) is 0 Å². The van der Waals surface area contributed by atoms with Crippen LogP contribution >= 0.6 is 15.6 Å². The van der Waals surface area contributed by atoms with Gasteiger partial charge in [0, 0.05) is 12.8 Å². The Hall–Kier alpha value is -1.88. The van der Waals surface area contributed by atoms with Crippen LogP contribution in [0.15, 0.2) is 82.4 Å². The van der Waals surface area contributed by atoms with Crippen molar-refractivity contribution >= 4 is 15.6 Å². The van der Waals surface area contributed by atoms with Crippen LogP contribution in [0.25, 0.3) is 0 Å². The summed E-state index contributed by atoms with van der Waals surface area (Å²) in [6.45, 7) is 0. The van der Waals surface area contributed by atoms with Gasteiger partial charge in [-0.2, -0.15) is 0 Å². The molecule has 0 heterocycles. The van der Waals surface area contributed by atoms with Crippen LogP contribution in [0.5, 0.6) is 0 Å². The molecule has 0 aliphatic heterocycles. The quantitative estimate of drug-likeness (QED) is 0.444. The number of allylic oxidation sites excluding steroid dienone is 4. The van der Waals surface area contributed by atoms with E-state index in [2.05, 4.69) is 24.3 Å². The highest BCUT2D eigenvalue weighted by Gasteiger charge is 2.44. The fourth-order valence-electron chi connectivity index (χ4n) is 3.78. The van der Waals surface area contributed by atoms with Crippen molar-refractivity contribution in [1.82, 2.24) is 0 Å². The summed E-state index contributed by atoms with van der Waals surface area (Å²) < 4.78 is 25.7. The van der Waals surface area contributed by atoms with E-state index < -0.39 is 15.6 Å². The molecule has 2 aliphatic rings. The molecule has 2 atom stereocenters. The Morgan fingerprint density at radius 1 is 0.593 bits per heavy atom. The van der Waals surface area contributed by atoms with Gasteiger partial charge in [0.05, 0.1) is 0 Å². The third-order valence-electron chi connectivity index (χ3n) is 5.52. The SMILES string of the molecule is O=[P+](C[P+](=O)C1=C(Cc2ccccc2)CC1)C1=C(Cc2ccccc2)CC1. The topological polar surface area (TPSA) is 34.1 Å². The number of rotatable bonds is 8. The van der Waals surface area contributed by atoms with Crippen LogP contribution < -0.4 is 0 Å². The average Bonchev–Trinajstić information content (AvgIpc) is 2.64. The molecule has 0 fully saturated rings. The lowest BCUT2D eigenvalue weighted by Crippen LogP contribution is -2.07. The van der Waals surface area contributed by atoms with Crippen LogP contribution in [0.1, 0.15) is 36.8 Å². The molecule has 27 heavy (non-hydrogen) atoms. The van der Waals surface area contributed by atoms with Gasteiger partial charge in [-0.1, -0.05) is 69.8 Å². The number of hydrogen-bond donors (Lipinski definition) is 0. The second kappa shape index (κ2) is 8.42. The molecular formula is C23H24O2P2+2. The Bertz CT molecular complexity index is 850. The van der Waals surface area contributed by atoms with Crippen molar-refractivity contribution < 1.29 is 9.13 Å². The van der Waals surface area contributed by atoms with Crippen molar-refractivity contribution in [3.63, 3.8) is 0 Å². The van der Waals surface area contributed by atoms with E-state index in [4.69, 9.17) is 0 Å². The second-order valence-corrected chi connectivity index (χ2v) is 11.0. The third-order valence-corrected chi connectivity index (χ3v) is 9.86. The predicted octanol–water partition coefficient (Wildman–Crippen LogP) is 7.18. The highest BCUT2D eigenvalue weighted by atomic mass is 31.2. The molecule has 2 nitrogen and oxygen atoms in total. The zero-order chi connectivity index (χ0) is 18.6. The van der Waals surface area contributed by atoms with Crippen molar-refractivity contribution in [2.45, 2.75) is 38.5 Å². The smallest absolute Gasteiger partial charge is 0.0634 e. The van der Waals surface area contributed by atoms with Crippen molar-refractivity contribution in [2.75, 3.05) is 5.90 Å². The Morgan fingerprint density at radius 3 is 1.33 bits per heavy atom. The number of hydrogen-bond acceptors (Lipinski definition) is 2. The molecule has 2 aromatic rings. The van der Waals surface area contributed by atoms with Crippen LogP contribution in [-0.4, -0.2) is 5.90 Å². The Kier molecular flexibility index (Phi) is 5.77. The summed E-state index contributed by atoms with van der Waals surface area (Å²) >= 11 is 0. The molecular weight excluding hydrogens is 370 g/mol. The van der Waals surface area contributed by atoms with Crippen LogP contribution in [0.4, 0.5) is 0 Å². The molecule has 0 radical (unpaired) electrons. The van der Waals surface area contributed by atoms with E-state index in [-0.39, 0.29) is 0 Å². The monoisotopic (exact) mass is 394 g/mol. The Balaban J connectivity index is 1.40. The summed E-state index contributed by atoms with van der Waals surface area (Å²) in [6, 6.07) is 20.7. The standard InChI is InChI=1S/C23H24O2P2/c24-26(22-13-11-20(22)15-18-7-3-1-4-8-18)17-27(25)23-14-12-21(23)16-19-9-5-2-6-10-19/h1-10H,11-17H2/q+2. The highest BCUT2D eigenvalue weighted by Crippen LogP contribution is 2.56. The fraction of sp³-hybridized carbons (Fsp3) is 0.304.